The molecular formula is C16H32N2. The predicted molar refractivity (Wildman–Crippen MR) is 78.9 cm³/mol. The van der Waals surface area contributed by atoms with Crippen molar-refractivity contribution in [3.8, 4) is 0 Å². The van der Waals surface area contributed by atoms with Crippen LogP contribution in [0.5, 0.6) is 0 Å². The van der Waals surface area contributed by atoms with Gasteiger partial charge in [-0.3, -0.25) is 0 Å². The molecule has 2 aliphatic rings. The first-order chi connectivity index (χ1) is 8.62. The van der Waals surface area contributed by atoms with Crippen molar-refractivity contribution in [2.45, 2.75) is 65.3 Å². The minimum absolute atomic E-state index is 0.516. The summed E-state index contributed by atoms with van der Waals surface area (Å²) in [5.74, 6) is 0.922. The van der Waals surface area contributed by atoms with E-state index < -0.39 is 0 Å². The van der Waals surface area contributed by atoms with Gasteiger partial charge in [-0.1, -0.05) is 33.6 Å². The molecule has 1 saturated heterocycles. The molecule has 2 fully saturated rings. The van der Waals surface area contributed by atoms with Crippen LogP contribution in [0, 0.1) is 11.3 Å². The van der Waals surface area contributed by atoms with E-state index in [1.54, 1.807) is 0 Å². The van der Waals surface area contributed by atoms with Gasteiger partial charge in [0.2, 0.25) is 0 Å². The summed E-state index contributed by atoms with van der Waals surface area (Å²) in [5.41, 5.74) is 0.516. The average Bonchev–Trinajstić information content (AvgIpc) is 2.38. The van der Waals surface area contributed by atoms with E-state index in [0.717, 1.165) is 12.0 Å². The summed E-state index contributed by atoms with van der Waals surface area (Å²) in [6.07, 6.45) is 8.44. The minimum Gasteiger partial charge on any atom is -0.313 e. The van der Waals surface area contributed by atoms with Crippen LogP contribution < -0.4 is 5.32 Å². The maximum Gasteiger partial charge on any atom is 0.0118 e. The molecule has 0 bridgehead atoms. The topological polar surface area (TPSA) is 15.3 Å². The van der Waals surface area contributed by atoms with Gasteiger partial charge in [0.25, 0.3) is 0 Å². The molecule has 2 rings (SSSR count). The Balaban J connectivity index is 1.71. The number of piperidine rings is 1. The lowest BCUT2D eigenvalue weighted by Crippen LogP contribution is -2.47. The van der Waals surface area contributed by atoms with Crippen molar-refractivity contribution in [1.82, 2.24) is 10.2 Å². The highest BCUT2D eigenvalue weighted by molar-refractivity contribution is 4.88. The Bertz CT molecular complexity index is 241. The highest BCUT2D eigenvalue weighted by Gasteiger charge is 2.32. The van der Waals surface area contributed by atoms with E-state index in [4.69, 9.17) is 0 Å². The van der Waals surface area contributed by atoms with E-state index in [-0.39, 0.29) is 0 Å². The zero-order chi connectivity index (χ0) is 13.0. The van der Waals surface area contributed by atoms with Crippen molar-refractivity contribution in [1.29, 1.82) is 0 Å². The fourth-order valence-electron chi connectivity index (χ4n) is 3.69. The molecule has 2 nitrogen and oxygen atoms in total. The van der Waals surface area contributed by atoms with Crippen LogP contribution in [0.4, 0.5) is 0 Å². The predicted octanol–water partition coefficient (Wildman–Crippen LogP) is 3.28. The molecule has 1 atom stereocenters. The van der Waals surface area contributed by atoms with Gasteiger partial charge in [0.1, 0.15) is 0 Å². The first-order valence-electron chi connectivity index (χ1n) is 8.07. The number of likely N-dealkylation sites (tertiary alicyclic amines) is 1. The lowest BCUT2D eigenvalue weighted by Gasteiger charge is -2.40. The molecule has 1 aliphatic carbocycles. The Hall–Kier alpha value is -0.0800. The van der Waals surface area contributed by atoms with Gasteiger partial charge in [-0.2, -0.15) is 0 Å². The molecule has 1 unspecified atom stereocenters. The van der Waals surface area contributed by atoms with Gasteiger partial charge < -0.3 is 10.2 Å². The Morgan fingerprint density at radius 3 is 2.44 bits per heavy atom. The van der Waals surface area contributed by atoms with E-state index in [1.807, 2.05) is 0 Å². The third-order valence-electron chi connectivity index (χ3n) is 5.31. The van der Waals surface area contributed by atoms with Crippen molar-refractivity contribution < 1.29 is 0 Å². The zero-order valence-corrected chi connectivity index (χ0v) is 12.7. The second-order valence-corrected chi connectivity index (χ2v) is 7.07. The van der Waals surface area contributed by atoms with Crippen LogP contribution in [-0.2, 0) is 0 Å². The molecule has 0 aromatic rings. The Labute approximate surface area is 114 Å². The van der Waals surface area contributed by atoms with E-state index in [9.17, 15) is 0 Å². The van der Waals surface area contributed by atoms with Crippen molar-refractivity contribution >= 4 is 0 Å². The maximum absolute atomic E-state index is 3.90. The number of hydrogen-bond acceptors (Lipinski definition) is 2. The summed E-state index contributed by atoms with van der Waals surface area (Å²) < 4.78 is 0. The Morgan fingerprint density at radius 2 is 1.83 bits per heavy atom. The first kappa shape index (κ1) is 14.3. The zero-order valence-electron chi connectivity index (χ0n) is 12.7. The maximum atomic E-state index is 3.90. The number of nitrogens with zero attached hydrogens (tertiary/aromatic N) is 1. The van der Waals surface area contributed by atoms with Gasteiger partial charge >= 0.3 is 0 Å². The summed E-state index contributed by atoms with van der Waals surface area (Å²) in [6, 6.07) is 0.760. The second kappa shape index (κ2) is 6.38. The average molecular weight is 252 g/mol. The Morgan fingerprint density at radius 1 is 1.11 bits per heavy atom. The third-order valence-corrected chi connectivity index (χ3v) is 5.31. The van der Waals surface area contributed by atoms with Crippen LogP contribution in [-0.4, -0.2) is 37.1 Å². The van der Waals surface area contributed by atoms with Gasteiger partial charge in [-0.15, -0.1) is 0 Å². The standard InChI is InChI=1S/C16H32N2/c1-4-18-11-8-14(9-12-18)13-17-15-7-5-6-10-16(15,2)3/h14-15,17H,4-13H2,1-3H3. The molecule has 18 heavy (non-hydrogen) atoms. The second-order valence-electron chi connectivity index (χ2n) is 7.07. The SMILES string of the molecule is CCN1CCC(CNC2CCCCC2(C)C)CC1. The van der Waals surface area contributed by atoms with Gasteiger partial charge in [-0.25, -0.2) is 0 Å². The highest BCUT2D eigenvalue weighted by atomic mass is 15.1. The molecule has 1 aliphatic heterocycles. The monoisotopic (exact) mass is 252 g/mol. The summed E-state index contributed by atoms with van der Waals surface area (Å²) in [5, 5.41) is 3.90. The molecule has 0 aromatic heterocycles. The summed E-state index contributed by atoms with van der Waals surface area (Å²) >= 11 is 0. The number of hydrogen-bond donors (Lipinski definition) is 1. The number of rotatable bonds is 4. The minimum atomic E-state index is 0.516. The van der Waals surface area contributed by atoms with Gasteiger partial charge in [0.15, 0.2) is 0 Å². The molecule has 1 N–H and O–H groups in total. The summed E-state index contributed by atoms with van der Waals surface area (Å²) in [7, 11) is 0. The van der Waals surface area contributed by atoms with Crippen molar-refractivity contribution in [3.05, 3.63) is 0 Å². The van der Waals surface area contributed by atoms with E-state index in [0.29, 0.717) is 5.41 Å². The highest BCUT2D eigenvalue weighted by Crippen LogP contribution is 2.35. The van der Waals surface area contributed by atoms with E-state index in [1.165, 1.54) is 64.7 Å². The van der Waals surface area contributed by atoms with Gasteiger partial charge in [-0.05, 0) is 63.2 Å². The van der Waals surface area contributed by atoms with Crippen LogP contribution in [0.15, 0.2) is 0 Å². The van der Waals surface area contributed by atoms with Gasteiger partial charge in [0, 0.05) is 6.04 Å². The van der Waals surface area contributed by atoms with E-state index in [2.05, 4.69) is 31.0 Å². The van der Waals surface area contributed by atoms with Crippen LogP contribution in [0.2, 0.25) is 0 Å². The molecule has 0 spiro atoms. The van der Waals surface area contributed by atoms with E-state index >= 15 is 0 Å². The lowest BCUT2D eigenvalue weighted by atomic mass is 9.73. The van der Waals surface area contributed by atoms with Crippen molar-refractivity contribution in [2.75, 3.05) is 26.2 Å². The van der Waals surface area contributed by atoms with Gasteiger partial charge in [0.05, 0.1) is 0 Å². The molecule has 106 valence electrons. The molecule has 1 saturated carbocycles. The fourth-order valence-corrected chi connectivity index (χ4v) is 3.69. The third kappa shape index (κ3) is 3.71. The normalized spacial score (nSPS) is 30.5. The van der Waals surface area contributed by atoms with Crippen LogP contribution in [0.25, 0.3) is 0 Å². The summed E-state index contributed by atoms with van der Waals surface area (Å²) in [6.45, 7) is 12.3. The molecule has 0 aromatic carbocycles. The Kier molecular flexibility index (Phi) is 5.08. The van der Waals surface area contributed by atoms with Crippen LogP contribution in [0.1, 0.15) is 59.3 Å². The van der Waals surface area contributed by atoms with Crippen LogP contribution in [0.3, 0.4) is 0 Å². The quantitative estimate of drug-likeness (QED) is 0.826. The molecule has 1 heterocycles. The van der Waals surface area contributed by atoms with Crippen molar-refractivity contribution in [2.24, 2.45) is 11.3 Å². The molecule has 0 amide bonds. The fraction of sp³-hybridized carbons (Fsp3) is 1.00. The number of nitrogens with one attached hydrogen (secondary N) is 1. The van der Waals surface area contributed by atoms with Crippen LogP contribution >= 0.6 is 0 Å². The lowest BCUT2D eigenvalue weighted by molar-refractivity contribution is 0.144. The molecule has 0 radical (unpaired) electrons. The molecular weight excluding hydrogens is 220 g/mol. The van der Waals surface area contributed by atoms with Crippen molar-refractivity contribution in [3.63, 3.8) is 0 Å². The summed E-state index contributed by atoms with van der Waals surface area (Å²) in [4.78, 5) is 2.58. The molecule has 2 heteroatoms. The first-order valence-corrected chi connectivity index (χ1v) is 8.07. The largest absolute Gasteiger partial charge is 0.313 e. The smallest absolute Gasteiger partial charge is 0.0118 e.